The van der Waals surface area contributed by atoms with Gasteiger partial charge in [-0.3, -0.25) is 0 Å². The fourth-order valence-corrected chi connectivity index (χ4v) is 2.94. The molecule has 0 saturated heterocycles. The second-order valence-electron chi connectivity index (χ2n) is 7.22. The van der Waals surface area contributed by atoms with Gasteiger partial charge in [0.15, 0.2) is 0 Å². The molecule has 0 bridgehead atoms. The largest absolute Gasteiger partial charge is 0.396 e. The number of rotatable bonds is 13. The molecule has 0 aromatic heterocycles. The van der Waals surface area contributed by atoms with Crippen molar-refractivity contribution in [3.05, 3.63) is 12.2 Å². The fourth-order valence-electron chi connectivity index (χ4n) is 2.94. The minimum Gasteiger partial charge on any atom is -0.396 e. The average molecular weight is 283 g/mol. The summed E-state index contributed by atoms with van der Waals surface area (Å²) in [5.74, 6) is 2.12. The molecule has 3 unspecified atom stereocenters. The first kappa shape index (κ1) is 19.7. The SMILES string of the molecule is C=C(C)CCCC(C)CCCCCC(C)CC(C)CO. The highest BCUT2D eigenvalue weighted by Gasteiger charge is 2.08. The maximum absolute atomic E-state index is 9.05. The lowest BCUT2D eigenvalue weighted by Crippen LogP contribution is -2.07. The molecule has 1 N–H and O–H groups in total. The van der Waals surface area contributed by atoms with Crippen molar-refractivity contribution < 1.29 is 5.11 Å². The van der Waals surface area contributed by atoms with Gasteiger partial charge >= 0.3 is 0 Å². The molecule has 0 amide bonds. The van der Waals surface area contributed by atoms with Gasteiger partial charge in [0, 0.05) is 6.61 Å². The van der Waals surface area contributed by atoms with Gasteiger partial charge in [-0.05, 0) is 43.9 Å². The Morgan fingerprint density at radius 3 is 1.95 bits per heavy atom. The third-order valence-corrected chi connectivity index (χ3v) is 4.31. The van der Waals surface area contributed by atoms with E-state index in [1.165, 1.54) is 63.4 Å². The first-order valence-electron chi connectivity index (χ1n) is 8.70. The normalized spacial score (nSPS) is 15.8. The number of hydrogen-bond acceptors (Lipinski definition) is 1. The summed E-state index contributed by atoms with van der Waals surface area (Å²) in [6.07, 6.45) is 11.9. The average Bonchev–Trinajstić information content (AvgIpc) is 2.37. The van der Waals surface area contributed by atoms with E-state index in [0.29, 0.717) is 12.5 Å². The summed E-state index contributed by atoms with van der Waals surface area (Å²) in [5, 5.41) is 9.05. The molecular formula is C19H38O. The van der Waals surface area contributed by atoms with Crippen LogP contribution in [0.3, 0.4) is 0 Å². The van der Waals surface area contributed by atoms with E-state index in [1.807, 2.05) is 0 Å². The Labute approximate surface area is 127 Å². The van der Waals surface area contributed by atoms with Crippen molar-refractivity contribution in [2.24, 2.45) is 17.8 Å². The summed E-state index contributed by atoms with van der Waals surface area (Å²) in [4.78, 5) is 0. The van der Waals surface area contributed by atoms with Crippen molar-refractivity contribution in [3.8, 4) is 0 Å². The minimum atomic E-state index is 0.339. The molecule has 0 saturated carbocycles. The summed E-state index contributed by atoms with van der Waals surface area (Å²) >= 11 is 0. The van der Waals surface area contributed by atoms with Crippen LogP contribution in [-0.2, 0) is 0 Å². The van der Waals surface area contributed by atoms with Gasteiger partial charge in [-0.1, -0.05) is 64.9 Å². The lowest BCUT2D eigenvalue weighted by Gasteiger charge is -2.15. The highest BCUT2D eigenvalue weighted by atomic mass is 16.3. The van der Waals surface area contributed by atoms with Crippen molar-refractivity contribution in [1.29, 1.82) is 0 Å². The highest BCUT2D eigenvalue weighted by molar-refractivity contribution is 4.87. The van der Waals surface area contributed by atoms with Crippen molar-refractivity contribution in [1.82, 2.24) is 0 Å². The number of allylic oxidation sites excluding steroid dienone is 1. The molecule has 20 heavy (non-hydrogen) atoms. The standard InChI is InChI=1S/C19H38O/c1-16(2)10-9-13-17(3)11-7-6-8-12-18(4)14-19(5)15-20/h17-20H,1,6-15H2,2-5H3. The molecule has 0 radical (unpaired) electrons. The molecule has 0 aliphatic carbocycles. The van der Waals surface area contributed by atoms with Gasteiger partial charge in [0.1, 0.15) is 0 Å². The molecule has 0 heterocycles. The smallest absolute Gasteiger partial charge is 0.0456 e. The van der Waals surface area contributed by atoms with Gasteiger partial charge in [-0.25, -0.2) is 0 Å². The minimum absolute atomic E-state index is 0.339. The fraction of sp³-hybridized carbons (Fsp3) is 0.895. The zero-order chi connectivity index (χ0) is 15.4. The van der Waals surface area contributed by atoms with Crippen molar-refractivity contribution in [2.45, 2.75) is 85.5 Å². The molecule has 0 aromatic carbocycles. The van der Waals surface area contributed by atoms with Crippen LogP contribution < -0.4 is 0 Å². The zero-order valence-electron chi connectivity index (χ0n) is 14.5. The lowest BCUT2D eigenvalue weighted by atomic mass is 9.92. The van der Waals surface area contributed by atoms with Gasteiger partial charge in [-0.15, -0.1) is 6.58 Å². The molecule has 1 heteroatoms. The molecule has 3 atom stereocenters. The first-order chi connectivity index (χ1) is 9.45. The molecule has 0 rings (SSSR count). The van der Waals surface area contributed by atoms with Gasteiger partial charge in [-0.2, -0.15) is 0 Å². The molecule has 0 aromatic rings. The monoisotopic (exact) mass is 282 g/mol. The van der Waals surface area contributed by atoms with E-state index in [1.54, 1.807) is 0 Å². The number of unbranched alkanes of at least 4 members (excludes halogenated alkanes) is 2. The summed E-state index contributed by atoms with van der Waals surface area (Å²) in [6, 6.07) is 0. The Balaban J connectivity index is 3.40. The molecule has 0 fully saturated rings. The van der Waals surface area contributed by atoms with E-state index in [-0.39, 0.29) is 0 Å². The Kier molecular flexibility index (Phi) is 12.3. The Bertz CT molecular complexity index is 234. The lowest BCUT2D eigenvalue weighted by molar-refractivity contribution is 0.212. The Morgan fingerprint density at radius 2 is 1.40 bits per heavy atom. The number of aliphatic hydroxyl groups excluding tert-OH is 1. The van der Waals surface area contributed by atoms with Gasteiger partial charge in [0.25, 0.3) is 0 Å². The molecule has 0 aliphatic rings. The maximum atomic E-state index is 9.05. The van der Waals surface area contributed by atoms with Crippen molar-refractivity contribution >= 4 is 0 Å². The Morgan fingerprint density at radius 1 is 0.850 bits per heavy atom. The predicted molar refractivity (Wildman–Crippen MR) is 90.9 cm³/mol. The van der Waals surface area contributed by atoms with Crippen LogP contribution >= 0.6 is 0 Å². The van der Waals surface area contributed by atoms with E-state index in [2.05, 4.69) is 34.3 Å². The number of hydrogen-bond donors (Lipinski definition) is 1. The summed E-state index contributed by atoms with van der Waals surface area (Å²) in [7, 11) is 0. The van der Waals surface area contributed by atoms with E-state index in [4.69, 9.17) is 5.11 Å². The van der Waals surface area contributed by atoms with Crippen LogP contribution in [0.1, 0.15) is 85.5 Å². The third-order valence-electron chi connectivity index (χ3n) is 4.31. The van der Waals surface area contributed by atoms with Crippen LogP contribution in [0, 0.1) is 17.8 Å². The van der Waals surface area contributed by atoms with E-state index >= 15 is 0 Å². The third kappa shape index (κ3) is 12.7. The maximum Gasteiger partial charge on any atom is 0.0456 e. The van der Waals surface area contributed by atoms with Gasteiger partial charge < -0.3 is 5.11 Å². The highest BCUT2D eigenvalue weighted by Crippen LogP contribution is 2.21. The van der Waals surface area contributed by atoms with E-state index in [9.17, 15) is 0 Å². The topological polar surface area (TPSA) is 20.2 Å². The second-order valence-corrected chi connectivity index (χ2v) is 7.22. The van der Waals surface area contributed by atoms with Gasteiger partial charge in [0.05, 0.1) is 0 Å². The van der Waals surface area contributed by atoms with Crippen LogP contribution in [0.15, 0.2) is 12.2 Å². The van der Waals surface area contributed by atoms with E-state index < -0.39 is 0 Å². The molecule has 0 spiro atoms. The van der Waals surface area contributed by atoms with Crippen LogP contribution in [0.5, 0.6) is 0 Å². The molecule has 0 aliphatic heterocycles. The van der Waals surface area contributed by atoms with Crippen molar-refractivity contribution in [2.75, 3.05) is 6.61 Å². The van der Waals surface area contributed by atoms with Crippen LogP contribution in [0.4, 0.5) is 0 Å². The van der Waals surface area contributed by atoms with E-state index in [0.717, 1.165) is 11.8 Å². The molecule has 1 nitrogen and oxygen atoms in total. The zero-order valence-corrected chi connectivity index (χ0v) is 14.5. The summed E-state index contributed by atoms with van der Waals surface area (Å²) < 4.78 is 0. The van der Waals surface area contributed by atoms with Crippen LogP contribution in [0.2, 0.25) is 0 Å². The first-order valence-corrected chi connectivity index (χ1v) is 8.70. The summed E-state index contributed by atoms with van der Waals surface area (Å²) in [6.45, 7) is 13.3. The predicted octanol–water partition coefficient (Wildman–Crippen LogP) is 5.97. The Hall–Kier alpha value is -0.300. The summed E-state index contributed by atoms with van der Waals surface area (Å²) in [5.41, 5.74) is 1.32. The van der Waals surface area contributed by atoms with Crippen molar-refractivity contribution in [3.63, 3.8) is 0 Å². The number of aliphatic hydroxyl groups is 1. The quantitative estimate of drug-likeness (QED) is 0.326. The van der Waals surface area contributed by atoms with Crippen LogP contribution in [0.25, 0.3) is 0 Å². The second kappa shape index (κ2) is 12.4. The van der Waals surface area contributed by atoms with Crippen LogP contribution in [-0.4, -0.2) is 11.7 Å². The molecule has 120 valence electrons. The molecular weight excluding hydrogens is 244 g/mol. The van der Waals surface area contributed by atoms with Gasteiger partial charge in [0.2, 0.25) is 0 Å².